The van der Waals surface area contributed by atoms with Crippen LogP contribution < -0.4 is 5.32 Å². The molecule has 0 saturated carbocycles. The van der Waals surface area contributed by atoms with Crippen LogP contribution in [0.3, 0.4) is 0 Å². The molecule has 0 unspecified atom stereocenters. The molecule has 0 spiro atoms. The number of rotatable bonds is 6. The number of hydrogen-bond acceptors (Lipinski definition) is 1. The fourth-order valence-corrected chi connectivity index (χ4v) is 2.43. The second-order valence-corrected chi connectivity index (χ2v) is 6.83. The van der Waals surface area contributed by atoms with Gasteiger partial charge >= 0.3 is 0 Å². The predicted molar refractivity (Wildman–Crippen MR) is 89.8 cm³/mol. The lowest BCUT2D eigenvalue weighted by Gasteiger charge is -2.26. The summed E-state index contributed by atoms with van der Waals surface area (Å²) in [5, 5.41) is 3.51. The van der Waals surface area contributed by atoms with E-state index >= 15 is 0 Å². The molecule has 0 aliphatic carbocycles. The van der Waals surface area contributed by atoms with Crippen molar-refractivity contribution in [2.45, 2.75) is 38.8 Å². The van der Waals surface area contributed by atoms with Crippen LogP contribution in [0.15, 0.2) is 53.0 Å². The summed E-state index contributed by atoms with van der Waals surface area (Å²) in [5.74, 6) is -0.212. The average molecular weight is 350 g/mol. The zero-order valence-electron chi connectivity index (χ0n) is 12.5. The highest BCUT2D eigenvalue weighted by atomic mass is 79.9. The van der Waals surface area contributed by atoms with Gasteiger partial charge in [0.05, 0.1) is 4.47 Å². The molecule has 21 heavy (non-hydrogen) atoms. The molecule has 0 saturated heterocycles. The van der Waals surface area contributed by atoms with E-state index in [9.17, 15) is 4.39 Å². The van der Waals surface area contributed by atoms with E-state index in [-0.39, 0.29) is 11.4 Å². The highest BCUT2D eigenvalue weighted by Gasteiger charge is 2.16. The Bertz CT molecular complexity index is 581. The van der Waals surface area contributed by atoms with Gasteiger partial charge in [-0.3, -0.25) is 0 Å². The lowest BCUT2D eigenvalue weighted by atomic mass is 9.95. The average Bonchev–Trinajstić information content (AvgIpc) is 2.48. The summed E-state index contributed by atoms with van der Waals surface area (Å²) in [4.78, 5) is 0. The summed E-state index contributed by atoms with van der Waals surface area (Å²) in [5.41, 5.74) is 2.32. The molecule has 0 aliphatic rings. The number of hydrogen-bond donors (Lipinski definition) is 1. The van der Waals surface area contributed by atoms with Crippen molar-refractivity contribution in [2.75, 3.05) is 0 Å². The van der Waals surface area contributed by atoms with Crippen LogP contribution in [0.1, 0.15) is 31.4 Å². The standard InChI is InChI=1S/C18H21BrFN/c1-18(2,11-10-14-6-4-3-5-7-14)21-13-15-8-9-16(19)17(20)12-15/h3-9,12,21H,10-11,13H2,1-2H3. The Hall–Kier alpha value is -1.19. The topological polar surface area (TPSA) is 12.0 Å². The van der Waals surface area contributed by atoms with Crippen molar-refractivity contribution in [3.63, 3.8) is 0 Å². The summed E-state index contributed by atoms with van der Waals surface area (Å²) in [6.07, 6.45) is 2.07. The summed E-state index contributed by atoms with van der Waals surface area (Å²) in [6, 6.07) is 15.7. The van der Waals surface area contributed by atoms with Gasteiger partial charge in [0.1, 0.15) is 5.82 Å². The number of aryl methyl sites for hydroxylation is 1. The molecule has 2 aromatic rings. The Morgan fingerprint density at radius 3 is 2.43 bits per heavy atom. The van der Waals surface area contributed by atoms with Crippen LogP contribution in [0, 0.1) is 5.82 Å². The zero-order chi connectivity index (χ0) is 15.3. The van der Waals surface area contributed by atoms with E-state index in [1.54, 1.807) is 12.1 Å². The molecular weight excluding hydrogens is 329 g/mol. The number of halogens is 2. The van der Waals surface area contributed by atoms with Gasteiger partial charge in [-0.05, 0) is 65.9 Å². The molecule has 0 bridgehead atoms. The third kappa shape index (κ3) is 5.25. The van der Waals surface area contributed by atoms with Gasteiger partial charge in [-0.15, -0.1) is 0 Å². The van der Waals surface area contributed by atoms with Crippen LogP contribution in [0.2, 0.25) is 0 Å². The summed E-state index contributed by atoms with van der Waals surface area (Å²) >= 11 is 3.18. The molecule has 1 N–H and O–H groups in total. The summed E-state index contributed by atoms with van der Waals surface area (Å²) in [6.45, 7) is 5.04. The second-order valence-electron chi connectivity index (χ2n) is 5.97. The summed E-state index contributed by atoms with van der Waals surface area (Å²) < 4.78 is 14.0. The largest absolute Gasteiger partial charge is 0.308 e. The molecule has 2 rings (SSSR count). The monoisotopic (exact) mass is 349 g/mol. The molecule has 0 heterocycles. The van der Waals surface area contributed by atoms with Crippen LogP contribution >= 0.6 is 15.9 Å². The molecule has 1 nitrogen and oxygen atoms in total. The predicted octanol–water partition coefficient (Wildman–Crippen LogP) is 5.09. The quantitative estimate of drug-likeness (QED) is 0.765. The maximum atomic E-state index is 13.5. The Morgan fingerprint density at radius 1 is 1.05 bits per heavy atom. The molecule has 0 aliphatic heterocycles. The third-order valence-electron chi connectivity index (χ3n) is 3.64. The highest BCUT2D eigenvalue weighted by Crippen LogP contribution is 2.18. The lowest BCUT2D eigenvalue weighted by molar-refractivity contribution is 0.360. The first-order valence-electron chi connectivity index (χ1n) is 7.19. The van der Waals surface area contributed by atoms with E-state index in [1.807, 2.05) is 12.1 Å². The molecule has 0 fully saturated rings. The van der Waals surface area contributed by atoms with Crippen molar-refractivity contribution < 1.29 is 4.39 Å². The first-order valence-corrected chi connectivity index (χ1v) is 7.98. The first kappa shape index (κ1) is 16.2. The van der Waals surface area contributed by atoms with Crippen molar-refractivity contribution in [2.24, 2.45) is 0 Å². The minimum Gasteiger partial charge on any atom is -0.308 e. The van der Waals surface area contributed by atoms with Gasteiger partial charge in [0.2, 0.25) is 0 Å². The molecule has 112 valence electrons. The van der Waals surface area contributed by atoms with Crippen LogP contribution in [0.25, 0.3) is 0 Å². The van der Waals surface area contributed by atoms with Crippen molar-refractivity contribution in [3.05, 3.63) is 69.9 Å². The normalized spacial score (nSPS) is 11.6. The fraction of sp³-hybridized carbons (Fsp3) is 0.333. The van der Waals surface area contributed by atoms with E-state index in [0.717, 1.165) is 18.4 Å². The Kier molecular flexibility index (Phi) is 5.54. The molecular formula is C18H21BrFN. The van der Waals surface area contributed by atoms with E-state index in [2.05, 4.69) is 59.4 Å². The molecule has 0 radical (unpaired) electrons. The van der Waals surface area contributed by atoms with Gasteiger partial charge in [-0.2, -0.15) is 0 Å². The zero-order valence-corrected chi connectivity index (χ0v) is 14.1. The summed E-state index contributed by atoms with van der Waals surface area (Å²) in [7, 11) is 0. The molecule has 0 amide bonds. The van der Waals surface area contributed by atoms with Crippen LogP contribution in [-0.2, 0) is 13.0 Å². The smallest absolute Gasteiger partial charge is 0.137 e. The number of benzene rings is 2. The van der Waals surface area contributed by atoms with Gasteiger partial charge < -0.3 is 5.32 Å². The molecule has 0 aromatic heterocycles. The van der Waals surface area contributed by atoms with Gasteiger partial charge in [0.25, 0.3) is 0 Å². The fourth-order valence-electron chi connectivity index (χ4n) is 2.18. The highest BCUT2D eigenvalue weighted by molar-refractivity contribution is 9.10. The van der Waals surface area contributed by atoms with Gasteiger partial charge in [-0.1, -0.05) is 36.4 Å². The van der Waals surface area contributed by atoms with Gasteiger partial charge in [-0.25, -0.2) is 4.39 Å². The Morgan fingerprint density at radius 2 is 1.76 bits per heavy atom. The van der Waals surface area contributed by atoms with Crippen LogP contribution in [0.5, 0.6) is 0 Å². The van der Waals surface area contributed by atoms with E-state index < -0.39 is 0 Å². The third-order valence-corrected chi connectivity index (χ3v) is 4.28. The number of nitrogens with one attached hydrogen (secondary N) is 1. The van der Waals surface area contributed by atoms with Crippen molar-refractivity contribution in [1.29, 1.82) is 0 Å². The first-order chi connectivity index (χ1) is 9.96. The van der Waals surface area contributed by atoms with Gasteiger partial charge in [0.15, 0.2) is 0 Å². The minimum absolute atomic E-state index is 0.0133. The Labute approximate surface area is 134 Å². The SMILES string of the molecule is CC(C)(CCc1ccccc1)NCc1ccc(Br)c(F)c1. The van der Waals surface area contributed by atoms with E-state index in [1.165, 1.54) is 5.56 Å². The van der Waals surface area contributed by atoms with Gasteiger partial charge in [0, 0.05) is 12.1 Å². The van der Waals surface area contributed by atoms with Crippen molar-refractivity contribution >= 4 is 15.9 Å². The minimum atomic E-state index is -0.212. The van der Waals surface area contributed by atoms with Crippen molar-refractivity contribution in [3.8, 4) is 0 Å². The Balaban J connectivity index is 1.87. The second kappa shape index (κ2) is 7.19. The maximum Gasteiger partial charge on any atom is 0.137 e. The molecule has 3 heteroatoms. The maximum absolute atomic E-state index is 13.5. The van der Waals surface area contributed by atoms with E-state index in [4.69, 9.17) is 0 Å². The molecule has 0 atom stereocenters. The van der Waals surface area contributed by atoms with E-state index in [0.29, 0.717) is 11.0 Å². The van der Waals surface area contributed by atoms with Crippen LogP contribution in [0.4, 0.5) is 4.39 Å². The van der Waals surface area contributed by atoms with Crippen molar-refractivity contribution in [1.82, 2.24) is 5.32 Å². The lowest BCUT2D eigenvalue weighted by Crippen LogP contribution is -2.39. The van der Waals surface area contributed by atoms with Crippen LogP contribution in [-0.4, -0.2) is 5.54 Å². The molecule has 2 aromatic carbocycles.